The maximum absolute atomic E-state index is 13.0. The molecule has 2 amide bonds. The normalized spacial score (nSPS) is 18.5. The Bertz CT molecular complexity index is 1090. The molecule has 1 saturated heterocycles. The SMILES string of the molecule is NCCCOc1ccc(C(=O)N2C[C@@H](O)[C@H](n3ccc4ccc(C(N)=O)nc43)C2)cc1. The number of carbonyl (C=O) groups excluding carboxylic acids is 2. The number of aromatic nitrogens is 2. The number of ether oxygens (including phenoxy) is 1. The van der Waals surface area contributed by atoms with Gasteiger partial charge in [-0.2, -0.15) is 0 Å². The molecule has 0 unspecified atom stereocenters. The Balaban J connectivity index is 1.50. The zero-order valence-corrected chi connectivity index (χ0v) is 17.0. The maximum atomic E-state index is 13.0. The van der Waals surface area contributed by atoms with Crippen LogP contribution in [-0.2, 0) is 0 Å². The molecule has 0 radical (unpaired) electrons. The van der Waals surface area contributed by atoms with Crippen LogP contribution in [0.4, 0.5) is 0 Å². The summed E-state index contributed by atoms with van der Waals surface area (Å²) >= 11 is 0. The van der Waals surface area contributed by atoms with Gasteiger partial charge in [0.25, 0.3) is 11.8 Å². The van der Waals surface area contributed by atoms with Crippen molar-refractivity contribution in [1.82, 2.24) is 14.5 Å². The smallest absolute Gasteiger partial charge is 0.267 e. The first kappa shape index (κ1) is 20.8. The van der Waals surface area contributed by atoms with Crippen molar-refractivity contribution in [3.63, 3.8) is 0 Å². The summed E-state index contributed by atoms with van der Waals surface area (Å²) in [6, 6.07) is 11.7. The lowest BCUT2D eigenvalue weighted by atomic mass is 10.2. The molecule has 0 saturated carbocycles. The number of carbonyl (C=O) groups is 2. The van der Waals surface area contributed by atoms with E-state index in [2.05, 4.69) is 4.98 Å². The number of β-amino-alcohol motifs (C(OH)–C–C–N with tert-alkyl or cyclic N) is 1. The molecule has 4 rings (SSSR count). The number of hydrogen-bond acceptors (Lipinski definition) is 6. The number of benzene rings is 1. The van der Waals surface area contributed by atoms with Crippen LogP contribution in [0.5, 0.6) is 5.75 Å². The number of aliphatic hydroxyl groups is 1. The molecule has 3 heterocycles. The van der Waals surface area contributed by atoms with Gasteiger partial charge in [-0.05, 0) is 55.4 Å². The van der Waals surface area contributed by atoms with Gasteiger partial charge in [-0.3, -0.25) is 9.59 Å². The standard InChI is InChI=1S/C22H25N5O4/c23-9-1-11-31-16-5-2-15(3-6-16)22(30)26-12-18(19(28)13-26)27-10-8-14-4-7-17(20(24)29)25-21(14)27/h2-8,10,18-19,28H,1,9,11-13,23H2,(H2,24,29)/t18-,19-/m1/s1. The molecule has 5 N–H and O–H groups in total. The number of nitrogens with two attached hydrogens (primary N) is 2. The molecule has 0 spiro atoms. The van der Waals surface area contributed by atoms with Crippen molar-refractivity contribution >= 4 is 22.8 Å². The van der Waals surface area contributed by atoms with Crippen molar-refractivity contribution in [3.05, 3.63) is 59.9 Å². The minimum Gasteiger partial charge on any atom is -0.494 e. The highest BCUT2D eigenvalue weighted by Gasteiger charge is 2.36. The number of primary amides is 1. The van der Waals surface area contributed by atoms with Crippen LogP contribution in [0, 0.1) is 0 Å². The number of rotatable bonds is 7. The second-order valence-corrected chi connectivity index (χ2v) is 7.56. The van der Waals surface area contributed by atoms with E-state index in [4.69, 9.17) is 16.2 Å². The molecule has 1 aromatic carbocycles. The Morgan fingerprint density at radius 3 is 2.61 bits per heavy atom. The Kier molecular flexibility index (Phi) is 5.88. The van der Waals surface area contributed by atoms with Crippen molar-refractivity contribution in [3.8, 4) is 5.75 Å². The number of aliphatic hydroxyl groups excluding tert-OH is 1. The fourth-order valence-electron chi connectivity index (χ4n) is 3.79. The summed E-state index contributed by atoms with van der Waals surface area (Å²) in [4.78, 5) is 30.4. The van der Waals surface area contributed by atoms with E-state index < -0.39 is 12.0 Å². The van der Waals surface area contributed by atoms with Crippen LogP contribution in [0.25, 0.3) is 11.0 Å². The number of hydrogen-bond donors (Lipinski definition) is 3. The van der Waals surface area contributed by atoms with Crippen LogP contribution in [-0.4, -0.2) is 63.7 Å². The summed E-state index contributed by atoms with van der Waals surface area (Å²) in [7, 11) is 0. The van der Waals surface area contributed by atoms with Gasteiger partial charge in [-0.15, -0.1) is 0 Å². The fourth-order valence-corrected chi connectivity index (χ4v) is 3.79. The molecule has 1 aliphatic rings. The van der Waals surface area contributed by atoms with Gasteiger partial charge in [-0.25, -0.2) is 4.98 Å². The molecular weight excluding hydrogens is 398 g/mol. The van der Waals surface area contributed by atoms with Gasteiger partial charge >= 0.3 is 0 Å². The number of pyridine rings is 1. The first-order valence-electron chi connectivity index (χ1n) is 10.2. The Labute approximate surface area is 179 Å². The van der Waals surface area contributed by atoms with E-state index in [0.29, 0.717) is 36.7 Å². The predicted molar refractivity (Wildman–Crippen MR) is 115 cm³/mol. The highest BCUT2D eigenvalue weighted by atomic mass is 16.5. The number of amides is 2. The summed E-state index contributed by atoms with van der Waals surface area (Å²) < 4.78 is 7.37. The van der Waals surface area contributed by atoms with E-state index >= 15 is 0 Å². The molecule has 3 aromatic rings. The molecule has 2 atom stereocenters. The molecule has 0 aliphatic carbocycles. The maximum Gasteiger partial charge on any atom is 0.267 e. The highest BCUT2D eigenvalue weighted by molar-refractivity contribution is 5.95. The third kappa shape index (κ3) is 4.23. The van der Waals surface area contributed by atoms with Gasteiger partial charge in [0.1, 0.15) is 17.1 Å². The zero-order valence-electron chi connectivity index (χ0n) is 17.0. The van der Waals surface area contributed by atoms with Gasteiger partial charge < -0.3 is 30.8 Å². The Morgan fingerprint density at radius 1 is 1.13 bits per heavy atom. The first-order chi connectivity index (χ1) is 15.0. The third-order valence-corrected chi connectivity index (χ3v) is 5.44. The van der Waals surface area contributed by atoms with Crippen molar-refractivity contribution in [1.29, 1.82) is 0 Å². The average molecular weight is 423 g/mol. The third-order valence-electron chi connectivity index (χ3n) is 5.44. The van der Waals surface area contributed by atoms with Gasteiger partial charge in [0, 0.05) is 30.2 Å². The molecule has 1 fully saturated rings. The second kappa shape index (κ2) is 8.75. The van der Waals surface area contributed by atoms with Crippen molar-refractivity contribution in [2.75, 3.05) is 26.2 Å². The van der Waals surface area contributed by atoms with E-state index in [1.54, 1.807) is 52.1 Å². The van der Waals surface area contributed by atoms with Crippen LogP contribution in [0.15, 0.2) is 48.7 Å². The lowest BCUT2D eigenvalue weighted by molar-refractivity contribution is 0.0764. The molecule has 1 aliphatic heterocycles. The average Bonchev–Trinajstić information content (AvgIpc) is 3.36. The zero-order chi connectivity index (χ0) is 22.0. The summed E-state index contributed by atoms with van der Waals surface area (Å²) in [5, 5.41) is 11.5. The van der Waals surface area contributed by atoms with Gasteiger partial charge in [-0.1, -0.05) is 0 Å². The van der Waals surface area contributed by atoms with Gasteiger partial charge in [0.05, 0.1) is 18.8 Å². The van der Waals surface area contributed by atoms with E-state index in [9.17, 15) is 14.7 Å². The van der Waals surface area contributed by atoms with Crippen molar-refractivity contribution in [2.24, 2.45) is 11.5 Å². The van der Waals surface area contributed by atoms with E-state index in [-0.39, 0.29) is 24.2 Å². The number of nitrogens with zero attached hydrogens (tertiary/aromatic N) is 3. The molecular formula is C22H25N5O4. The fraction of sp³-hybridized carbons (Fsp3) is 0.318. The number of likely N-dealkylation sites (tertiary alicyclic amines) is 1. The van der Waals surface area contributed by atoms with Gasteiger partial charge in [0.15, 0.2) is 0 Å². The quantitative estimate of drug-likeness (QED) is 0.484. The predicted octanol–water partition coefficient (Wildman–Crippen LogP) is 0.921. The molecule has 0 bridgehead atoms. The summed E-state index contributed by atoms with van der Waals surface area (Å²) in [5.41, 5.74) is 12.0. The Hall–Kier alpha value is -3.43. The Morgan fingerprint density at radius 2 is 1.90 bits per heavy atom. The van der Waals surface area contributed by atoms with Crippen LogP contribution in [0.3, 0.4) is 0 Å². The first-order valence-corrected chi connectivity index (χ1v) is 10.2. The molecule has 9 nitrogen and oxygen atoms in total. The van der Waals surface area contributed by atoms with Crippen LogP contribution in [0.2, 0.25) is 0 Å². The molecule has 31 heavy (non-hydrogen) atoms. The van der Waals surface area contributed by atoms with Crippen LogP contribution < -0.4 is 16.2 Å². The lowest BCUT2D eigenvalue weighted by Gasteiger charge is -2.18. The van der Waals surface area contributed by atoms with E-state index in [1.165, 1.54) is 0 Å². The summed E-state index contributed by atoms with van der Waals surface area (Å²) in [6.07, 6.45) is 1.80. The molecule has 162 valence electrons. The van der Waals surface area contributed by atoms with Crippen LogP contribution >= 0.6 is 0 Å². The van der Waals surface area contributed by atoms with Crippen molar-refractivity contribution < 1.29 is 19.4 Å². The van der Waals surface area contributed by atoms with Gasteiger partial charge in [0.2, 0.25) is 0 Å². The second-order valence-electron chi connectivity index (χ2n) is 7.56. The monoisotopic (exact) mass is 423 g/mol. The molecule has 9 heteroatoms. The van der Waals surface area contributed by atoms with E-state index in [1.807, 2.05) is 6.07 Å². The largest absolute Gasteiger partial charge is 0.494 e. The van der Waals surface area contributed by atoms with E-state index in [0.717, 1.165) is 11.8 Å². The van der Waals surface area contributed by atoms with Crippen LogP contribution in [0.1, 0.15) is 33.3 Å². The topological polar surface area (TPSA) is 137 Å². The van der Waals surface area contributed by atoms with Crippen molar-refractivity contribution in [2.45, 2.75) is 18.6 Å². The lowest BCUT2D eigenvalue weighted by Crippen LogP contribution is -2.29. The summed E-state index contributed by atoms with van der Waals surface area (Å²) in [5.74, 6) is -0.106. The minimum absolute atomic E-state index is 0.154. The summed E-state index contributed by atoms with van der Waals surface area (Å²) in [6.45, 7) is 1.61. The minimum atomic E-state index is -0.766. The number of fused-ring (bicyclic) bond motifs is 1. The molecule has 2 aromatic heterocycles. The highest BCUT2D eigenvalue weighted by Crippen LogP contribution is 2.28.